The van der Waals surface area contributed by atoms with Gasteiger partial charge in [-0.25, -0.2) is 9.78 Å². The van der Waals surface area contributed by atoms with Crippen LogP contribution in [0.2, 0.25) is 10.2 Å². The lowest BCUT2D eigenvalue weighted by atomic mass is 10.1. The average Bonchev–Trinajstić information content (AvgIpc) is 3.41. The maximum absolute atomic E-state index is 12.0. The molecule has 2 N–H and O–H groups in total. The first-order valence-corrected chi connectivity index (χ1v) is 8.76. The predicted molar refractivity (Wildman–Crippen MR) is 101 cm³/mol. The van der Waals surface area contributed by atoms with Crippen molar-refractivity contribution in [1.29, 1.82) is 0 Å². The average molecular weight is 400 g/mol. The van der Waals surface area contributed by atoms with Crippen molar-refractivity contribution in [2.24, 2.45) is 5.92 Å². The molecule has 3 aromatic rings. The molecule has 0 bridgehead atoms. The van der Waals surface area contributed by atoms with Gasteiger partial charge in [0.15, 0.2) is 5.15 Å². The van der Waals surface area contributed by atoms with Gasteiger partial charge in [0.1, 0.15) is 11.4 Å². The van der Waals surface area contributed by atoms with Crippen molar-refractivity contribution in [1.82, 2.24) is 25.1 Å². The van der Waals surface area contributed by atoms with Crippen LogP contribution < -0.4 is 11.2 Å². The first-order valence-electron chi connectivity index (χ1n) is 8.00. The molecule has 9 heteroatoms. The summed E-state index contributed by atoms with van der Waals surface area (Å²) in [5, 5.41) is 8.66. The topological polar surface area (TPSA) is 104 Å². The van der Waals surface area contributed by atoms with Crippen molar-refractivity contribution in [2.75, 3.05) is 0 Å². The Kier molecular flexibility index (Phi) is 4.52. The molecule has 3 heterocycles. The summed E-state index contributed by atoms with van der Waals surface area (Å²) in [6.45, 7) is 0. The van der Waals surface area contributed by atoms with Crippen LogP contribution in [0.25, 0.3) is 11.3 Å². The summed E-state index contributed by atoms with van der Waals surface area (Å²) in [6.07, 6.45) is 3.75. The molecule has 1 fully saturated rings. The standard InChI is InChI=1S/C18H11Cl2N5O2/c19-13-2-1-5-21-14(13)4-3-9-6-10(9)11-7-15(24-25-16(11)20)12-8-22-18(27)23-17(12)26/h1-2,5,7-10H,6H2,(H2,22,23,26,27)/t9?,10-/m0/s1. The van der Waals surface area contributed by atoms with E-state index in [9.17, 15) is 9.59 Å². The summed E-state index contributed by atoms with van der Waals surface area (Å²) in [5.41, 5.74) is 0.708. The highest BCUT2D eigenvalue weighted by Gasteiger charge is 2.39. The van der Waals surface area contributed by atoms with Crippen LogP contribution in [0.3, 0.4) is 0 Å². The molecular weight excluding hydrogens is 389 g/mol. The fraction of sp³-hybridized carbons (Fsp3) is 0.167. The van der Waals surface area contributed by atoms with Gasteiger partial charge in [-0.05, 0) is 36.1 Å². The summed E-state index contributed by atoms with van der Waals surface area (Å²) in [6, 6.07) is 5.19. The van der Waals surface area contributed by atoms with E-state index in [1.165, 1.54) is 6.20 Å². The number of rotatable bonds is 2. The smallest absolute Gasteiger partial charge is 0.313 e. The second kappa shape index (κ2) is 6.99. The lowest BCUT2D eigenvalue weighted by molar-refractivity contribution is 0.953. The van der Waals surface area contributed by atoms with Crippen LogP contribution in [0.4, 0.5) is 0 Å². The summed E-state index contributed by atoms with van der Waals surface area (Å²) in [5.74, 6) is 6.31. The van der Waals surface area contributed by atoms with Gasteiger partial charge in [-0.15, -0.1) is 10.2 Å². The Hall–Kier alpha value is -2.95. The van der Waals surface area contributed by atoms with Gasteiger partial charge in [-0.3, -0.25) is 9.78 Å². The minimum Gasteiger partial charge on any atom is -0.313 e. The van der Waals surface area contributed by atoms with E-state index in [4.69, 9.17) is 23.2 Å². The van der Waals surface area contributed by atoms with Crippen LogP contribution in [0.1, 0.15) is 23.6 Å². The molecular formula is C18H11Cl2N5O2. The molecule has 1 aliphatic carbocycles. The third-order valence-corrected chi connectivity index (χ3v) is 4.79. The summed E-state index contributed by atoms with van der Waals surface area (Å²) in [7, 11) is 0. The van der Waals surface area contributed by atoms with Crippen LogP contribution in [-0.2, 0) is 0 Å². The highest BCUT2D eigenvalue weighted by molar-refractivity contribution is 6.31. The van der Waals surface area contributed by atoms with E-state index in [2.05, 4.69) is 37.0 Å². The monoisotopic (exact) mass is 399 g/mol. The number of aromatic amines is 2. The van der Waals surface area contributed by atoms with E-state index in [-0.39, 0.29) is 22.6 Å². The first kappa shape index (κ1) is 17.5. The second-order valence-electron chi connectivity index (χ2n) is 6.01. The van der Waals surface area contributed by atoms with Gasteiger partial charge in [0.05, 0.1) is 10.6 Å². The number of halogens is 2. The Morgan fingerprint density at radius 1 is 1.22 bits per heavy atom. The van der Waals surface area contributed by atoms with Crippen molar-refractivity contribution >= 4 is 23.2 Å². The van der Waals surface area contributed by atoms with Gasteiger partial charge in [-0.1, -0.05) is 29.1 Å². The molecule has 1 saturated carbocycles. The predicted octanol–water partition coefficient (Wildman–Crippen LogP) is 2.38. The lowest BCUT2D eigenvalue weighted by Crippen LogP contribution is -2.23. The molecule has 4 rings (SSSR count). The summed E-state index contributed by atoms with van der Waals surface area (Å²) < 4.78 is 0. The fourth-order valence-electron chi connectivity index (χ4n) is 2.72. The van der Waals surface area contributed by atoms with Crippen molar-refractivity contribution in [3.63, 3.8) is 0 Å². The SMILES string of the molecule is O=c1[nH]cc(-c2cc([C@H]3CC3C#Cc3ncccc3Cl)c(Cl)nn2)c(=O)[nH]1. The fourth-order valence-corrected chi connectivity index (χ4v) is 3.12. The van der Waals surface area contributed by atoms with Gasteiger partial charge in [0.2, 0.25) is 0 Å². The minimum atomic E-state index is -0.586. The molecule has 7 nitrogen and oxygen atoms in total. The number of nitrogens with zero attached hydrogens (tertiary/aromatic N) is 3. The normalized spacial score (nSPS) is 17.9. The van der Waals surface area contributed by atoms with E-state index in [0.717, 1.165) is 12.0 Å². The van der Waals surface area contributed by atoms with E-state index >= 15 is 0 Å². The Balaban J connectivity index is 1.62. The number of pyridine rings is 1. The minimum absolute atomic E-state index is 0.0866. The number of hydrogen-bond acceptors (Lipinski definition) is 5. The van der Waals surface area contributed by atoms with E-state index in [1.54, 1.807) is 24.4 Å². The molecule has 0 radical (unpaired) electrons. The molecule has 0 saturated heterocycles. The zero-order chi connectivity index (χ0) is 19.0. The number of aromatic nitrogens is 5. The van der Waals surface area contributed by atoms with Gasteiger partial charge in [0, 0.05) is 24.2 Å². The lowest BCUT2D eigenvalue weighted by Gasteiger charge is -2.04. The number of H-pyrrole nitrogens is 2. The third kappa shape index (κ3) is 3.63. The van der Waals surface area contributed by atoms with E-state index in [0.29, 0.717) is 16.4 Å². The van der Waals surface area contributed by atoms with Crippen molar-refractivity contribution in [3.05, 3.63) is 72.9 Å². The number of nitrogens with one attached hydrogen (secondary N) is 2. The highest BCUT2D eigenvalue weighted by atomic mass is 35.5. The maximum atomic E-state index is 12.0. The molecule has 134 valence electrons. The van der Waals surface area contributed by atoms with Gasteiger partial charge < -0.3 is 4.98 Å². The number of hydrogen-bond donors (Lipinski definition) is 2. The van der Waals surface area contributed by atoms with Crippen LogP contribution in [0, 0.1) is 17.8 Å². The molecule has 2 atom stereocenters. The van der Waals surface area contributed by atoms with Crippen molar-refractivity contribution in [2.45, 2.75) is 12.3 Å². The van der Waals surface area contributed by atoms with Crippen LogP contribution in [0.15, 0.2) is 40.2 Å². The van der Waals surface area contributed by atoms with Gasteiger partial charge in [-0.2, -0.15) is 0 Å². The van der Waals surface area contributed by atoms with E-state index in [1.807, 2.05) is 0 Å². The molecule has 27 heavy (non-hydrogen) atoms. The molecule has 0 aliphatic heterocycles. The van der Waals surface area contributed by atoms with Crippen LogP contribution >= 0.6 is 23.2 Å². The zero-order valence-corrected chi connectivity index (χ0v) is 15.2. The Morgan fingerprint density at radius 3 is 2.85 bits per heavy atom. The largest absolute Gasteiger partial charge is 0.325 e. The summed E-state index contributed by atoms with van der Waals surface area (Å²) in [4.78, 5) is 31.8. The Bertz CT molecular complexity index is 1210. The molecule has 0 aromatic carbocycles. The quantitative estimate of drug-likeness (QED) is 0.643. The maximum Gasteiger partial charge on any atom is 0.325 e. The summed E-state index contributed by atoms with van der Waals surface area (Å²) >= 11 is 12.3. The zero-order valence-electron chi connectivity index (χ0n) is 13.7. The molecule has 0 spiro atoms. The van der Waals surface area contributed by atoms with Crippen molar-refractivity contribution in [3.8, 4) is 23.1 Å². The molecule has 0 amide bonds. The molecule has 1 unspecified atom stereocenters. The highest BCUT2D eigenvalue weighted by Crippen LogP contribution is 2.49. The van der Waals surface area contributed by atoms with E-state index < -0.39 is 11.2 Å². The van der Waals surface area contributed by atoms with Crippen LogP contribution in [0.5, 0.6) is 0 Å². The third-order valence-electron chi connectivity index (χ3n) is 4.20. The Morgan fingerprint density at radius 2 is 2.07 bits per heavy atom. The second-order valence-corrected chi connectivity index (χ2v) is 6.78. The first-order chi connectivity index (χ1) is 13.0. The molecule has 1 aliphatic rings. The van der Waals surface area contributed by atoms with Crippen molar-refractivity contribution < 1.29 is 0 Å². The Labute approximate surface area is 162 Å². The van der Waals surface area contributed by atoms with Gasteiger partial charge in [0.25, 0.3) is 5.56 Å². The van der Waals surface area contributed by atoms with Crippen LogP contribution in [-0.4, -0.2) is 25.1 Å². The molecule has 3 aromatic heterocycles. The van der Waals surface area contributed by atoms with Gasteiger partial charge >= 0.3 is 5.69 Å².